The van der Waals surface area contributed by atoms with Gasteiger partial charge < -0.3 is 10.6 Å². The van der Waals surface area contributed by atoms with Crippen molar-refractivity contribution < 1.29 is 9.72 Å². The number of rotatable bonds is 4. The first kappa shape index (κ1) is 14.8. The SMILES string of the molecule is CNC(=O)c1ccc(Nc2ccc(Cl)cc2[N+](=O)[O-])cc1. The third kappa shape index (κ3) is 3.49. The van der Waals surface area contributed by atoms with Gasteiger partial charge in [-0.15, -0.1) is 0 Å². The molecule has 0 aliphatic heterocycles. The molecule has 2 aromatic carbocycles. The highest BCUT2D eigenvalue weighted by Gasteiger charge is 2.14. The summed E-state index contributed by atoms with van der Waals surface area (Å²) in [5.74, 6) is -0.195. The number of benzene rings is 2. The van der Waals surface area contributed by atoms with Crippen LogP contribution >= 0.6 is 11.6 Å². The number of hydrogen-bond donors (Lipinski definition) is 2. The number of halogens is 1. The molecule has 6 nitrogen and oxygen atoms in total. The van der Waals surface area contributed by atoms with E-state index in [0.717, 1.165) is 0 Å². The molecule has 21 heavy (non-hydrogen) atoms. The molecule has 2 aromatic rings. The molecule has 7 heteroatoms. The Kier molecular flexibility index (Phi) is 4.39. The van der Waals surface area contributed by atoms with Gasteiger partial charge in [0.15, 0.2) is 0 Å². The van der Waals surface area contributed by atoms with Gasteiger partial charge in [0, 0.05) is 29.4 Å². The fourth-order valence-electron chi connectivity index (χ4n) is 1.77. The van der Waals surface area contributed by atoms with Crippen LogP contribution in [0.2, 0.25) is 5.02 Å². The summed E-state index contributed by atoms with van der Waals surface area (Å²) >= 11 is 5.76. The normalized spacial score (nSPS) is 10.0. The highest BCUT2D eigenvalue weighted by molar-refractivity contribution is 6.30. The van der Waals surface area contributed by atoms with Gasteiger partial charge in [0.05, 0.1) is 4.92 Å². The van der Waals surface area contributed by atoms with Gasteiger partial charge in [0.2, 0.25) is 0 Å². The summed E-state index contributed by atoms with van der Waals surface area (Å²) in [6, 6.07) is 11.0. The predicted molar refractivity (Wildman–Crippen MR) is 81.2 cm³/mol. The van der Waals surface area contributed by atoms with Gasteiger partial charge in [-0.3, -0.25) is 14.9 Å². The van der Waals surface area contributed by atoms with Crippen LogP contribution in [-0.4, -0.2) is 17.9 Å². The zero-order valence-corrected chi connectivity index (χ0v) is 11.8. The Morgan fingerprint density at radius 1 is 1.19 bits per heavy atom. The molecule has 0 aromatic heterocycles. The van der Waals surface area contributed by atoms with Gasteiger partial charge in [-0.1, -0.05) is 11.6 Å². The molecule has 0 aliphatic carbocycles. The zero-order valence-electron chi connectivity index (χ0n) is 11.1. The highest BCUT2D eigenvalue weighted by Crippen LogP contribution is 2.30. The van der Waals surface area contributed by atoms with E-state index in [1.807, 2.05) is 0 Å². The van der Waals surface area contributed by atoms with Gasteiger partial charge in [-0.05, 0) is 36.4 Å². The van der Waals surface area contributed by atoms with E-state index in [4.69, 9.17) is 11.6 Å². The van der Waals surface area contributed by atoms with Gasteiger partial charge >= 0.3 is 0 Å². The summed E-state index contributed by atoms with van der Waals surface area (Å²) in [6.07, 6.45) is 0. The van der Waals surface area contributed by atoms with E-state index in [2.05, 4.69) is 10.6 Å². The Hall–Kier alpha value is -2.60. The maximum atomic E-state index is 11.4. The van der Waals surface area contributed by atoms with Crippen molar-refractivity contribution in [2.24, 2.45) is 0 Å². The molecule has 0 fully saturated rings. The second kappa shape index (κ2) is 6.23. The molecule has 0 radical (unpaired) electrons. The average molecular weight is 306 g/mol. The average Bonchev–Trinajstić information content (AvgIpc) is 2.49. The lowest BCUT2D eigenvalue weighted by molar-refractivity contribution is -0.383. The first-order valence-corrected chi connectivity index (χ1v) is 6.42. The van der Waals surface area contributed by atoms with E-state index in [9.17, 15) is 14.9 Å². The summed E-state index contributed by atoms with van der Waals surface area (Å²) in [5, 5.41) is 16.7. The predicted octanol–water partition coefficient (Wildman–Crippen LogP) is 3.35. The fraction of sp³-hybridized carbons (Fsp3) is 0.0714. The molecule has 0 aliphatic rings. The summed E-state index contributed by atoms with van der Waals surface area (Å²) in [5.41, 5.74) is 1.36. The molecule has 0 heterocycles. The number of nitro groups is 1. The lowest BCUT2D eigenvalue weighted by Gasteiger charge is -2.08. The topological polar surface area (TPSA) is 84.3 Å². The second-order valence-corrected chi connectivity index (χ2v) is 4.64. The zero-order chi connectivity index (χ0) is 15.4. The quantitative estimate of drug-likeness (QED) is 0.670. The summed E-state index contributed by atoms with van der Waals surface area (Å²) in [7, 11) is 1.55. The van der Waals surface area contributed by atoms with Crippen LogP contribution in [0.3, 0.4) is 0 Å². The van der Waals surface area contributed by atoms with Crippen molar-refractivity contribution in [1.29, 1.82) is 0 Å². The van der Waals surface area contributed by atoms with Crippen molar-refractivity contribution >= 4 is 34.6 Å². The molecule has 0 atom stereocenters. The molecule has 0 spiro atoms. The molecule has 0 saturated carbocycles. The second-order valence-electron chi connectivity index (χ2n) is 4.20. The fourth-order valence-corrected chi connectivity index (χ4v) is 1.93. The van der Waals surface area contributed by atoms with Gasteiger partial charge in [-0.2, -0.15) is 0 Å². The van der Waals surface area contributed by atoms with Gasteiger partial charge in [0.1, 0.15) is 5.69 Å². The standard InChI is InChI=1S/C14H12ClN3O3/c1-16-14(19)9-2-5-11(6-3-9)17-12-7-4-10(15)8-13(12)18(20)21/h2-8,17H,1H3,(H,16,19). The summed E-state index contributed by atoms with van der Waals surface area (Å²) in [4.78, 5) is 21.9. The van der Waals surface area contributed by atoms with E-state index in [1.54, 1.807) is 37.4 Å². The summed E-state index contributed by atoms with van der Waals surface area (Å²) < 4.78 is 0. The molecule has 1 amide bonds. The van der Waals surface area contributed by atoms with Crippen molar-refractivity contribution in [3.63, 3.8) is 0 Å². The number of nitrogens with zero attached hydrogens (tertiary/aromatic N) is 1. The van der Waals surface area contributed by atoms with Crippen molar-refractivity contribution in [1.82, 2.24) is 5.32 Å². The van der Waals surface area contributed by atoms with Crippen LogP contribution in [0.5, 0.6) is 0 Å². The largest absolute Gasteiger partial charge is 0.355 e. The molecule has 0 bridgehead atoms. The van der Waals surface area contributed by atoms with E-state index >= 15 is 0 Å². The molecule has 2 N–H and O–H groups in total. The first-order chi connectivity index (χ1) is 10.0. The lowest BCUT2D eigenvalue weighted by atomic mass is 10.2. The Bertz CT molecular complexity index is 686. The van der Waals surface area contributed by atoms with Crippen LogP contribution in [0.15, 0.2) is 42.5 Å². The maximum Gasteiger partial charge on any atom is 0.294 e. The van der Waals surface area contributed by atoms with Crippen LogP contribution in [-0.2, 0) is 0 Å². The van der Waals surface area contributed by atoms with Crippen LogP contribution in [0.25, 0.3) is 0 Å². The van der Waals surface area contributed by atoms with Crippen LogP contribution in [0, 0.1) is 10.1 Å². The van der Waals surface area contributed by atoms with Crippen molar-refractivity contribution in [2.75, 3.05) is 12.4 Å². The monoisotopic (exact) mass is 305 g/mol. The number of carbonyl (C=O) groups excluding carboxylic acids is 1. The number of amides is 1. The summed E-state index contributed by atoms with van der Waals surface area (Å²) in [6.45, 7) is 0. The third-order valence-corrected chi connectivity index (χ3v) is 3.04. The number of nitrogens with one attached hydrogen (secondary N) is 2. The van der Waals surface area contributed by atoms with Crippen LogP contribution < -0.4 is 10.6 Å². The molecule has 108 valence electrons. The third-order valence-electron chi connectivity index (χ3n) is 2.81. The minimum absolute atomic E-state index is 0.113. The van der Waals surface area contributed by atoms with Gasteiger partial charge in [0.25, 0.3) is 11.6 Å². The highest BCUT2D eigenvalue weighted by atomic mass is 35.5. The lowest BCUT2D eigenvalue weighted by Crippen LogP contribution is -2.17. The Labute approximate surface area is 125 Å². The first-order valence-electron chi connectivity index (χ1n) is 6.04. The minimum atomic E-state index is -0.507. The molecular weight excluding hydrogens is 294 g/mol. The van der Waals surface area contributed by atoms with E-state index in [1.165, 1.54) is 12.1 Å². The molecule has 0 unspecified atom stereocenters. The Morgan fingerprint density at radius 2 is 1.86 bits per heavy atom. The Morgan fingerprint density at radius 3 is 2.43 bits per heavy atom. The smallest absolute Gasteiger partial charge is 0.294 e. The van der Waals surface area contributed by atoms with E-state index in [0.29, 0.717) is 22.0 Å². The number of anilines is 2. The van der Waals surface area contributed by atoms with Crippen molar-refractivity contribution in [2.45, 2.75) is 0 Å². The van der Waals surface area contributed by atoms with Crippen molar-refractivity contribution in [3.8, 4) is 0 Å². The number of nitro benzene ring substituents is 1. The molecule has 2 rings (SSSR count). The van der Waals surface area contributed by atoms with E-state index < -0.39 is 4.92 Å². The van der Waals surface area contributed by atoms with Crippen LogP contribution in [0.4, 0.5) is 17.1 Å². The molecule has 0 saturated heterocycles. The minimum Gasteiger partial charge on any atom is -0.355 e. The number of hydrogen-bond acceptors (Lipinski definition) is 4. The molecular formula is C14H12ClN3O3. The maximum absolute atomic E-state index is 11.4. The van der Waals surface area contributed by atoms with E-state index in [-0.39, 0.29) is 11.6 Å². The van der Waals surface area contributed by atoms with Crippen LogP contribution in [0.1, 0.15) is 10.4 Å². The van der Waals surface area contributed by atoms with Crippen molar-refractivity contribution in [3.05, 3.63) is 63.2 Å². The van der Waals surface area contributed by atoms with Gasteiger partial charge in [-0.25, -0.2) is 0 Å². The Balaban J connectivity index is 2.26. The number of carbonyl (C=O) groups is 1.